The van der Waals surface area contributed by atoms with E-state index in [4.69, 9.17) is 9.68 Å². The average molecular weight is 456 g/mol. The third kappa shape index (κ3) is 3.94. The summed E-state index contributed by atoms with van der Waals surface area (Å²) in [5.41, 5.74) is 0.956. The first-order chi connectivity index (χ1) is 16.0. The summed E-state index contributed by atoms with van der Waals surface area (Å²) >= 11 is 0. The second-order valence-corrected chi connectivity index (χ2v) is 9.45. The fraction of sp³-hybridized carbons (Fsp3) is 0.542. The van der Waals surface area contributed by atoms with Crippen molar-refractivity contribution in [2.45, 2.75) is 44.2 Å². The number of hydrogen-bond acceptors (Lipinski definition) is 7. The Morgan fingerprint density at radius 3 is 2.67 bits per heavy atom. The SMILES string of the molecule is CN1C[C@H](N(C=O)OCc2ccccc2)CC[C@H]1C(=O)ON1C(=O)C2C(C1O)[C@@H]1C=C[C@H]2C1. The van der Waals surface area contributed by atoms with Crippen LogP contribution in [0.2, 0.25) is 0 Å². The topological polar surface area (TPSA) is 99.6 Å². The molecule has 2 amide bonds. The minimum Gasteiger partial charge on any atom is -0.370 e. The summed E-state index contributed by atoms with van der Waals surface area (Å²) in [6, 6.07) is 8.80. The molecule has 5 rings (SSSR count). The van der Waals surface area contributed by atoms with Crippen LogP contribution in [0.1, 0.15) is 24.8 Å². The predicted molar refractivity (Wildman–Crippen MR) is 115 cm³/mol. The van der Waals surface area contributed by atoms with Crippen molar-refractivity contribution in [3.8, 4) is 0 Å². The Balaban J connectivity index is 1.16. The molecule has 2 aliphatic heterocycles. The number of rotatable bonds is 7. The smallest absolute Gasteiger partial charge is 0.349 e. The van der Waals surface area contributed by atoms with E-state index in [1.165, 1.54) is 5.06 Å². The van der Waals surface area contributed by atoms with Crippen LogP contribution in [-0.4, -0.2) is 70.3 Å². The van der Waals surface area contributed by atoms with Crippen LogP contribution in [0.4, 0.5) is 0 Å². The average Bonchev–Trinajstić information content (AvgIpc) is 3.50. The van der Waals surface area contributed by atoms with Crippen LogP contribution in [0.5, 0.6) is 0 Å². The number of nitrogens with zero attached hydrogens (tertiary/aromatic N) is 3. The molecule has 4 aliphatic rings. The number of amides is 2. The van der Waals surface area contributed by atoms with Gasteiger partial charge in [0.25, 0.3) is 5.91 Å². The van der Waals surface area contributed by atoms with Crippen LogP contribution in [0, 0.1) is 23.7 Å². The van der Waals surface area contributed by atoms with Crippen molar-refractivity contribution in [2.75, 3.05) is 13.6 Å². The standard InChI is InChI=1S/C24H29N3O6/c1-25-12-18(26(14-28)32-13-15-5-3-2-4-6-15)9-10-19(25)24(31)33-27-22(29)20-16-7-8-17(11-16)21(20)23(27)30/h2-8,14,16-22,29H,9-13H2,1H3/t16-,17+,18-,19+,20?,21?,22?/m1/s1. The van der Waals surface area contributed by atoms with Gasteiger partial charge in [0.05, 0.1) is 12.0 Å². The van der Waals surface area contributed by atoms with Crippen LogP contribution in [0.15, 0.2) is 42.5 Å². The van der Waals surface area contributed by atoms with Gasteiger partial charge in [0.2, 0.25) is 6.41 Å². The third-order valence-corrected chi connectivity index (χ3v) is 7.56. The summed E-state index contributed by atoms with van der Waals surface area (Å²) in [6.07, 6.45) is 5.53. The van der Waals surface area contributed by atoms with Gasteiger partial charge in [-0.2, -0.15) is 0 Å². The van der Waals surface area contributed by atoms with E-state index < -0.39 is 18.2 Å². The Hall–Kier alpha value is -2.75. The number of allylic oxidation sites excluding steroid dienone is 2. The number of benzene rings is 1. The van der Waals surface area contributed by atoms with Crippen LogP contribution in [0.3, 0.4) is 0 Å². The van der Waals surface area contributed by atoms with Gasteiger partial charge in [0, 0.05) is 12.5 Å². The Labute approximate surface area is 192 Å². The number of hydrogen-bond donors (Lipinski definition) is 1. The molecular weight excluding hydrogens is 426 g/mol. The van der Waals surface area contributed by atoms with Gasteiger partial charge < -0.3 is 9.94 Å². The summed E-state index contributed by atoms with van der Waals surface area (Å²) in [4.78, 5) is 50.3. The number of carbonyl (C=O) groups is 3. The van der Waals surface area contributed by atoms with E-state index in [1.807, 2.05) is 36.4 Å². The first kappa shape index (κ1) is 22.1. The highest BCUT2D eigenvalue weighted by Gasteiger charge is 2.60. The minimum absolute atomic E-state index is 0.120. The van der Waals surface area contributed by atoms with Gasteiger partial charge in [-0.15, -0.1) is 5.06 Å². The molecule has 0 radical (unpaired) electrons. The maximum Gasteiger partial charge on any atom is 0.349 e. The molecule has 0 aromatic heterocycles. The second-order valence-electron chi connectivity index (χ2n) is 9.45. The van der Waals surface area contributed by atoms with Crippen molar-refractivity contribution in [3.63, 3.8) is 0 Å². The van der Waals surface area contributed by atoms with E-state index in [0.717, 1.165) is 17.0 Å². The Bertz CT molecular complexity index is 939. The molecule has 3 unspecified atom stereocenters. The fourth-order valence-electron chi connectivity index (χ4n) is 5.88. The molecule has 2 saturated heterocycles. The molecule has 9 heteroatoms. The van der Waals surface area contributed by atoms with Crippen molar-refractivity contribution >= 4 is 18.3 Å². The van der Waals surface area contributed by atoms with Crippen LogP contribution in [0.25, 0.3) is 0 Å². The largest absolute Gasteiger partial charge is 0.370 e. The molecule has 33 heavy (non-hydrogen) atoms. The lowest BCUT2D eigenvalue weighted by molar-refractivity contribution is -0.232. The van der Waals surface area contributed by atoms with Gasteiger partial charge in [-0.05, 0) is 43.7 Å². The molecule has 7 atom stereocenters. The van der Waals surface area contributed by atoms with Crippen LogP contribution in [-0.2, 0) is 30.7 Å². The molecule has 1 aromatic rings. The number of aliphatic hydroxyl groups is 1. The van der Waals surface area contributed by atoms with E-state index in [0.29, 0.717) is 25.8 Å². The molecule has 9 nitrogen and oxygen atoms in total. The van der Waals surface area contributed by atoms with Gasteiger partial charge in [-0.25, -0.2) is 9.86 Å². The van der Waals surface area contributed by atoms with Gasteiger partial charge in [-0.1, -0.05) is 42.5 Å². The maximum absolute atomic E-state index is 12.9. The number of carbonyl (C=O) groups excluding carboxylic acids is 3. The van der Waals surface area contributed by atoms with Gasteiger partial charge >= 0.3 is 5.97 Å². The van der Waals surface area contributed by atoms with Crippen molar-refractivity contribution in [2.24, 2.45) is 23.7 Å². The molecule has 0 spiro atoms. The maximum atomic E-state index is 12.9. The first-order valence-corrected chi connectivity index (χ1v) is 11.5. The predicted octanol–water partition coefficient (Wildman–Crippen LogP) is 1.10. The Kier molecular flexibility index (Phi) is 5.94. The monoisotopic (exact) mass is 455 g/mol. The van der Waals surface area contributed by atoms with E-state index in [9.17, 15) is 19.5 Å². The van der Waals surface area contributed by atoms with E-state index in [1.54, 1.807) is 11.9 Å². The molecule has 2 bridgehead atoms. The number of likely N-dealkylation sites (N-methyl/N-ethyl adjacent to an activating group) is 1. The molecule has 1 N–H and O–H groups in total. The van der Waals surface area contributed by atoms with Gasteiger partial charge in [0.15, 0.2) is 6.23 Å². The third-order valence-electron chi connectivity index (χ3n) is 7.56. The lowest BCUT2D eigenvalue weighted by Gasteiger charge is -2.39. The highest BCUT2D eigenvalue weighted by Crippen LogP contribution is 2.54. The highest BCUT2D eigenvalue weighted by atomic mass is 16.7. The number of piperidine rings is 1. The van der Waals surface area contributed by atoms with Gasteiger partial charge in [0.1, 0.15) is 12.6 Å². The quantitative estimate of drug-likeness (QED) is 0.373. The molecule has 176 valence electrons. The second kappa shape index (κ2) is 8.89. The van der Waals surface area contributed by atoms with E-state index in [2.05, 4.69) is 6.08 Å². The first-order valence-electron chi connectivity index (χ1n) is 11.5. The molecule has 3 fully saturated rings. The summed E-state index contributed by atoms with van der Waals surface area (Å²) in [5.74, 6) is -1.11. The van der Waals surface area contributed by atoms with Crippen LogP contribution >= 0.6 is 0 Å². The summed E-state index contributed by atoms with van der Waals surface area (Å²) in [5, 5.41) is 12.9. The lowest BCUT2D eigenvalue weighted by atomic mass is 9.85. The molecule has 2 heterocycles. The Morgan fingerprint density at radius 1 is 1.21 bits per heavy atom. The summed E-state index contributed by atoms with van der Waals surface area (Å²) in [6.45, 7) is 0.697. The van der Waals surface area contributed by atoms with Crippen molar-refractivity contribution in [1.82, 2.24) is 15.0 Å². The number of fused-ring (bicyclic) bond motifs is 5. The summed E-state index contributed by atoms with van der Waals surface area (Å²) in [7, 11) is 1.78. The lowest BCUT2D eigenvalue weighted by Crippen LogP contribution is -2.54. The van der Waals surface area contributed by atoms with Crippen molar-refractivity contribution in [3.05, 3.63) is 48.0 Å². The molecular formula is C24H29N3O6. The zero-order chi connectivity index (χ0) is 23.1. The number of hydroxylamine groups is 4. The minimum atomic E-state index is -1.11. The highest BCUT2D eigenvalue weighted by molar-refractivity contribution is 5.85. The Morgan fingerprint density at radius 2 is 1.97 bits per heavy atom. The van der Waals surface area contributed by atoms with E-state index >= 15 is 0 Å². The molecule has 2 aliphatic carbocycles. The van der Waals surface area contributed by atoms with E-state index in [-0.39, 0.29) is 42.2 Å². The zero-order valence-electron chi connectivity index (χ0n) is 18.5. The fourth-order valence-corrected chi connectivity index (χ4v) is 5.88. The molecule has 1 aromatic carbocycles. The zero-order valence-corrected chi connectivity index (χ0v) is 18.5. The summed E-state index contributed by atoms with van der Waals surface area (Å²) < 4.78 is 0. The van der Waals surface area contributed by atoms with Crippen molar-refractivity contribution in [1.29, 1.82) is 0 Å². The van der Waals surface area contributed by atoms with Crippen LogP contribution < -0.4 is 0 Å². The number of aliphatic hydroxyl groups excluding tert-OH is 1. The van der Waals surface area contributed by atoms with Gasteiger partial charge in [-0.3, -0.25) is 19.3 Å². The molecule has 1 saturated carbocycles. The normalized spacial score (nSPS) is 35.0. The number of likely N-dealkylation sites (tertiary alicyclic amines) is 1. The van der Waals surface area contributed by atoms with Crippen molar-refractivity contribution < 1.29 is 29.2 Å².